The molecule has 1 aliphatic heterocycles. The second-order valence-corrected chi connectivity index (χ2v) is 11.6. The highest BCUT2D eigenvalue weighted by Gasteiger charge is 2.37. The van der Waals surface area contributed by atoms with Crippen LogP contribution in [0.15, 0.2) is 45.8 Å². The van der Waals surface area contributed by atoms with E-state index in [1.807, 2.05) is 26.8 Å². The van der Waals surface area contributed by atoms with Crippen LogP contribution in [0.4, 0.5) is 5.69 Å². The third kappa shape index (κ3) is 5.56. The van der Waals surface area contributed by atoms with Gasteiger partial charge in [0.2, 0.25) is 15.9 Å². The predicted molar refractivity (Wildman–Crippen MR) is 142 cm³/mol. The van der Waals surface area contributed by atoms with Crippen LogP contribution in [0.3, 0.4) is 0 Å². The van der Waals surface area contributed by atoms with E-state index in [2.05, 4.69) is 22.6 Å². The van der Waals surface area contributed by atoms with Crippen LogP contribution in [0.25, 0.3) is 12.2 Å². The average Bonchev–Trinajstić information content (AvgIpc) is 3.21. The summed E-state index contributed by atoms with van der Waals surface area (Å²) < 4.78 is 34.2. The minimum Gasteiger partial charge on any atom is -0.355 e. The number of halogens is 1. The molecule has 0 bridgehead atoms. The summed E-state index contributed by atoms with van der Waals surface area (Å²) in [7, 11) is -3.93. The minimum atomic E-state index is -3.93. The van der Waals surface area contributed by atoms with Crippen molar-refractivity contribution in [3.63, 3.8) is 0 Å². The Hall–Kier alpha value is -2.94. The molecule has 0 spiro atoms. The number of nitrogens with zero attached hydrogens (tertiary/aromatic N) is 2. The van der Waals surface area contributed by atoms with E-state index in [0.29, 0.717) is 35.8 Å². The number of sulfonamides is 1. The van der Waals surface area contributed by atoms with Gasteiger partial charge in [-0.05, 0) is 87.6 Å². The molecule has 190 valence electrons. The van der Waals surface area contributed by atoms with Gasteiger partial charge in [0.25, 0.3) is 0 Å². The first-order valence-corrected chi connectivity index (χ1v) is 13.7. The topological polar surface area (TPSA) is 92.5 Å². The molecular weight excluding hydrogens is 498 g/mol. The van der Waals surface area contributed by atoms with Crippen molar-refractivity contribution >= 4 is 45.4 Å². The summed E-state index contributed by atoms with van der Waals surface area (Å²) in [4.78, 5) is 12.9. The minimum absolute atomic E-state index is 0.0416. The highest BCUT2D eigenvalue weighted by atomic mass is 35.5. The second-order valence-electron chi connectivity index (χ2n) is 9.31. The van der Waals surface area contributed by atoms with Crippen molar-refractivity contribution in [2.45, 2.75) is 45.4 Å². The Kier molecular flexibility index (Phi) is 7.68. The van der Waals surface area contributed by atoms with E-state index in [4.69, 9.17) is 16.1 Å². The van der Waals surface area contributed by atoms with Gasteiger partial charge >= 0.3 is 0 Å². The third-order valence-electron chi connectivity index (χ3n) is 6.44. The summed E-state index contributed by atoms with van der Waals surface area (Å²) in [6.45, 7) is 8.12. The van der Waals surface area contributed by atoms with Gasteiger partial charge in [0.05, 0.1) is 5.92 Å². The Morgan fingerprint density at radius 1 is 1.11 bits per heavy atom. The fourth-order valence-corrected chi connectivity index (χ4v) is 6.59. The van der Waals surface area contributed by atoms with E-state index in [1.165, 1.54) is 9.87 Å². The van der Waals surface area contributed by atoms with Crippen LogP contribution < -0.4 is 5.32 Å². The van der Waals surface area contributed by atoms with Crippen molar-refractivity contribution in [2.75, 3.05) is 18.4 Å². The van der Waals surface area contributed by atoms with Gasteiger partial charge < -0.3 is 9.84 Å². The van der Waals surface area contributed by atoms with Gasteiger partial charge in [-0.3, -0.25) is 4.79 Å². The fourth-order valence-electron chi connectivity index (χ4n) is 4.69. The summed E-state index contributed by atoms with van der Waals surface area (Å²) >= 11 is 5.92. The molecule has 4 rings (SSSR count). The first kappa shape index (κ1) is 26.1. The molecule has 1 saturated heterocycles. The zero-order valence-electron chi connectivity index (χ0n) is 20.8. The number of aryl methyl sites for hydroxylation is 4. The number of anilines is 1. The molecule has 1 aromatic heterocycles. The van der Waals surface area contributed by atoms with Gasteiger partial charge in [-0.15, -0.1) is 0 Å². The Morgan fingerprint density at radius 2 is 1.78 bits per heavy atom. The zero-order valence-corrected chi connectivity index (χ0v) is 22.4. The number of rotatable bonds is 6. The molecule has 1 unspecified atom stereocenters. The maximum Gasteiger partial charge on any atom is 0.248 e. The van der Waals surface area contributed by atoms with Crippen LogP contribution in [-0.4, -0.2) is 36.9 Å². The Labute approximate surface area is 217 Å². The number of hydrogen-bond donors (Lipinski definition) is 1. The summed E-state index contributed by atoms with van der Waals surface area (Å²) in [5.41, 5.74) is 5.27. The first-order valence-electron chi connectivity index (χ1n) is 11.8. The quantitative estimate of drug-likeness (QED) is 0.439. The molecule has 1 atom stereocenters. The normalized spacial score (nSPS) is 17.0. The number of carbonyl (C=O) groups excluding carboxylic acids is 1. The highest BCUT2D eigenvalue weighted by Crippen LogP contribution is 2.30. The molecule has 1 fully saturated rings. The number of nitrogens with one attached hydrogen (secondary N) is 1. The van der Waals surface area contributed by atoms with Crippen LogP contribution in [0.5, 0.6) is 0 Å². The SMILES string of the molecule is Cc1cc(C)c(C=Cc2onc(C)c2S(=O)(=O)N2CCCC(C(=O)Nc3ccc(Cl)cc3)C2)c(C)c1. The third-order valence-corrected chi connectivity index (χ3v) is 8.71. The van der Waals surface area contributed by atoms with E-state index in [1.54, 1.807) is 37.3 Å². The van der Waals surface area contributed by atoms with Crippen molar-refractivity contribution in [3.05, 3.63) is 75.1 Å². The van der Waals surface area contributed by atoms with Crippen LogP contribution >= 0.6 is 11.6 Å². The van der Waals surface area contributed by atoms with Gasteiger partial charge in [-0.25, -0.2) is 8.42 Å². The molecule has 1 amide bonds. The van der Waals surface area contributed by atoms with Crippen molar-refractivity contribution in [2.24, 2.45) is 5.92 Å². The van der Waals surface area contributed by atoms with E-state index < -0.39 is 15.9 Å². The van der Waals surface area contributed by atoms with Crippen LogP contribution in [0, 0.1) is 33.6 Å². The van der Waals surface area contributed by atoms with E-state index >= 15 is 0 Å². The Morgan fingerprint density at radius 3 is 2.44 bits per heavy atom. The van der Waals surface area contributed by atoms with Gasteiger partial charge in [-0.2, -0.15) is 4.31 Å². The molecule has 0 radical (unpaired) electrons. The average molecular weight is 528 g/mol. The molecule has 2 aromatic carbocycles. The molecular formula is C27H30ClN3O4S. The van der Waals surface area contributed by atoms with Gasteiger partial charge in [0, 0.05) is 23.8 Å². The zero-order chi connectivity index (χ0) is 26.0. The molecule has 2 heterocycles. The lowest BCUT2D eigenvalue weighted by atomic mass is 9.99. The Bertz CT molecular complexity index is 1390. The lowest BCUT2D eigenvalue weighted by molar-refractivity contribution is -0.120. The standard InChI is InChI=1S/C27H30ClN3O4S/c1-17-14-18(2)24(19(3)15-17)11-12-25-26(20(4)30-35-25)36(33,34)31-13-5-6-21(16-31)27(32)29-23-9-7-22(28)8-10-23/h7-12,14-15,21H,5-6,13,16H2,1-4H3,(H,29,32). The summed E-state index contributed by atoms with van der Waals surface area (Å²) in [6, 6.07) is 11.0. The van der Waals surface area contributed by atoms with Crippen molar-refractivity contribution in [3.8, 4) is 0 Å². The number of hydrogen-bond acceptors (Lipinski definition) is 5. The number of amides is 1. The molecule has 0 aliphatic carbocycles. The first-order chi connectivity index (χ1) is 17.1. The van der Waals surface area contributed by atoms with E-state index in [-0.39, 0.29) is 23.1 Å². The molecule has 1 aliphatic rings. The van der Waals surface area contributed by atoms with Crippen LogP contribution in [0.2, 0.25) is 5.02 Å². The summed E-state index contributed by atoms with van der Waals surface area (Å²) in [5, 5.41) is 7.38. The van der Waals surface area contributed by atoms with Crippen molar-refractivity contribution in [1.82, 2.24) is 9.46 Å². The van der Waals surface area contributed by atoms with Gasteiger partial charge in [0.15, 0.2) is 10.7 Å². The second kappa shape index (κ2) is 10.6. The number of carbonyl (C=O) groups is 1. The van der Waals surface area contributed by atoms with Crippen LogP contribution in [0.1, 0.15) is 46.5 Å². The number of aromatic nitrogens is 1. The molecule has 1 N–H and O–H groups in total. The maximum absolute atomic E-state index is 13.7. The lowest BCUT2D eigenvalue weighted by Gasteiger charge is -2.31. The van der Waals surface area contributed by atoms with Crippen molar-refractivity contribution < 1.29 is 17.7 Å². The van der Waals surface area contributed by atoms with Gasteiger partial charge in [-0.1, -0.05) is 40.5 Å². The molecule has 9 heteroatoms. The number of benzene rings is 2. The monoisotopic (exact) mass is 527 g/mol. The van der Waals surface area contributed by atoms with E-state index in [0.717, 1.165) is 16.7 Å². The summed E-state index contributed by atoms with van der Waals surface area (Å²) in [6.07, 6.45) is 4.70. The summed E-state index contributed by atoms with van der Waals surface area (Å²) in [5.74, 6) is -0.509. The van der Waals surface area contributed by atoms with E-state index in [9.17, 15) is 13.2 Å². The van der Waals surface area contributed by atoms with Gasteiger partial charge in [0.1, 0.15) is 5.69 Å². The maximum atomic E-state index is 13.7. The molecule has 0 saturated carbocycles. The molecule has 36 heavy (non-hydrogen) atoms. The molecule has 3 aromatic rings. The molecule has 7 nitrogen and oxygen atoms in total. The lowest BCUT2D eigenvalue weighted by Crippen LogP contribution is -2.43. The van der Waals surface area contributed by atoms with Crippen LogP contribution in [-0.2, 0) is 14.8 Å². The van der Waals surface area contributed by atoms with Crippen molar-refractivity contribution in [1.29, 1.82) is 0 Å². The largest absolute Gasteiger partial charge is 0.355 e. The smallest absolute Gasteiger partial charge is 0.248 e. The predicted octanol–water partition coefficient (Wildman–Crippen LogP) is 5.77. The highest BCUT2D eigenvalue weighted by molar-refractivity contribution is 7.89. The Balaban J connectivity index is 1.56. The number of piperidine rings is 1. The fraction of sp³-hybridized carbons (Fsp3) is 0.333.